The van der Waals surface area contributed by atoms with E-state index in [0.717, 1.165) is 25.2 Å². The predicted molar refractivity (Wildman–Crippen MR) is 73.4 cm³/mol. The molecule has 0 saturated heterocycles. The van der Waals surface area contributed by atoms with Gasteiger partial charge in [-0.1, -0.05) is 11.6 Å². The number of fused-ring (bicyclic) bond motifs is 1. The van der Waals surface area contributed by atoms with Crippen LogP contribution in [0.15, 0.2) is 23.9 Å². The van der Waals surface area contributed by atoms with Crippen LogP contribution in [0.5, 0.6) is 0 Å². The molecule has 2 aromatic rings. The van der Waals surface area contributed by atoms with E-state index in [1.54, 1.807) is 10.7 Å². The van der Waals surface area contributed by atoms with Crippen LogP contribution < -0.4 is 10.6 Å². The fraction of sp³-hybridized carbons (Fsp3) is 0.385. The molecule has 0 spiro atoms. The molecular formula is C13H16N6O. The average molecular weight is 272 g/mol. The van der Waals surface area contributed by atoms with Crippen LogP contribution in [-0.2, 0) is 0 Å². The second kappa shape index (κ2) is 5.38. The molecule has 2 N–H and O–H groups in total. The third kappa shape index (κ3) is 2.53. The third-order valence-electron chi connectivity index (χ3n) is 3.27. The van der Waals surface area contributed by atoms with Gasteiger partial charge < -0.3 is 10.6 Å². The summed E-state index contributed by atoms with van der Waals surface area (Å²) in [4.78, 5) is 20.3. The van der Waals surface area contributed by atoms with Crippen LogP contribution in [0.4, 0.5) is 0 Å². The molecule has 0 radical (unpaired) electrons. The molecule has 0 aliphatic carbocycles. The monoisotopic (exact) mass is 272 g/mol. The standard InChI is InChI=1S/C13H16N6O/c1-9-2-7-15-13-17-11(18-19(9)13)12(20)16-8-10-3-5-14-6-4-10/h2-3,7,14H,4-6,8H2,1H3,(H,16,20). The smallest absolute Gasteiger partial charge is 0.291 e. The molecule has 3 heterocycles. The Morgan fingerprint density at radius 2 is 2.45 bits per heavy atom. The van der Waals surface area contributed by atoms with Crippen LogP contribution in [0.2, 0.25) is 0 Å². The minimum absolute atomic E-state index is 0.154. The lowest BCUT2D eigenvalue weighted by Crippen LogP contribution is -2.30. The molecule has 104 valence electrons. The highest BCUT2D eigenvalue weighted by Gasteiger charge is 2.14. The first kappa shape index (κ1) is 12.7. The topological polar surface area (TPSA) is 84.2 Å². The Bertz CT molecular complexity index is 675. The van der Waals surface area contributed by atoms with E-state index < -0.39 is 0 Å². The van der Waals surface area contributed by atoms with Crippen LogP contribution in [0.25, 0.3) is 5.78 Å². The third-order valence-corrected chi connectivity index (χ3v) is 3.27. The largest absolute Gasteiger partial charge is 0.346 e. The summed E-state index contributed by atoms with van der Waals surface area (Å²) in [7, 11) is 0. The SMILES string of the molecule is Cc1ccnc2nc(C(=O)NCC3=CCNCC3)nn12. The van der Waals surface area contributed by atoms with Crippen LogP contribution in [0.1, 0.15) is 22.7 Å². The molecule has 0 bridgehead atoms. The van der Waals surface area contributed by atoms with Crippen molar-refractivity contribution in [1.29, 1.82) is 0 Å². The summed E-state index contributed by atoms with van der Waals surface area (Å²) >= 11 is 0. The maximum absolute atomic E-state index is 12.0. The Hall–Kier alpha value is -2.28. The van der Waals surface area contributed by atoms with Gasteiger partial charge in [0.15, 0.2) is 0 Å². The van der Waals surface area contributed by atoms with E-state index in [0.29, 0.717) is 12.3 Å². The van der Waals surface area contributed by atoms with E-state index in [4.69, 9.17) is 0 Å². The lowest BCUT2D eigenvalue weighted by Gasteiger charge is -2.13. The molecule has 1 aliphatic rings. The summed E-state index contributed by atoms with van der Waals surface area (Å²) in [6.07, 6.45) is 4.72. The number of aromatic nitrogens is 4. The Labute approximate surface area is 116 Å². The molecule has 20 heavy (non-hydrogen) atoms. The normalized spacial score (nSPS) is 15.2. The minimum atomic E-state index is -0.269. The highest BCUT2D eigenvalue weighted by molar-refractivity contribution is 5.90. The molecule has 2 aromatic heterocycles. The van der Waals surface area contributed by atoms with E-state index in [2.05, 4.69) is 31.8 Å². The van der Waals surface area contributed by atoms with Crippen molar-refractivity contribution in [1.82, 2.24) is 30.2 Å². The van der Waals surface area contributed by atoms with Gasteiger partial charge >= 0.3 is 0 Å². The maximum Gasteiger partial charge on any atom is 0.291 e. The Morgan fingerprint density at radius 3 is 3.20 bits per heavy atom. The van der Waals surface area contributed by atoms with Crippen LogP contribution >= 0.6 is 0 Å². The summed E-state index contributed by atoms with van der Waals surface area (Å²) in [5.74, 6) is 0.326. The van der Waals surface area contributed by atoms with Gasteiger partial charge in [0.1, 0.15) is 0 Å². The Balaban J connectivity index is 1.72. The first-order chi connectivity index (χ1) is 9.74. The molecule has 0 fully saturated rings. The molecule has 0 unspecified atom stereocenters. The summed E-state index contributed by atoms with van der Waals surface area (Å²) in [5, 5.41) is 10.3. The molecule has 1 amide bonds. The van der Waals surface area contributed by atoms with Crippen molar-refractivity contribution >= 4 is 11.7 Å². The van der Waals surface area contributed by atoms with Gasteiger partial charge in [0.25, 0.3) is 11.7 Å². The van der Waals surface area contributed by atoms with Crippen LogP contribution in [0.3, 0.4) is 0 Å². The van der Waals surface area contributed by atoms with Crippen LogP contribution in [-0.4, -0.2) is 45.1 Å². The Morgan fingerprint density at radius 1 is 1.55 bits per heavy atom. The van der Waals surface area contributed by atoms with Gasteiger partial charge in [-0.2, -0.15) is 4.98 Å². The van der Waals surface area contributed by atoms with Gasteiger partial charge in [-0.3, -0.25) is 4.79 Å². The van der Waals surface area contributed by atoms with Gasteiger partial charge in [-0.05, 0) is 26.0 Å². The van der Waals surface area contributed by atoms with E-state index >= 15 is 0 Å². The van der Waals surface area contributed by atoms with Crippen molar-refractivity contribution in [3.05, 3.63) is 35.4 Å². The van der Waals surface area contributed by atoms with Crippen molar-refractivity contribution in [3.8, 4) is 0 Å². The van der Waals surface area contributed by atoms with Crippen LogP contribution in [0, 0.1) is 6.92 Å². The fourth-order valence-electron chi connectivity index (χ4n) is 2.11. The average Bonchev–Trinajstić information content (AvgIpc) is 2.91. The van der Waals surface area contributed by atoms with Gasteiger partial charge in [0.2, 0.25) is 5.82 Å². The number of amides is 1. The second-order valence-corrected chi connectivity index (χ2v) is 4.73. The number of carbonyl (C=O) groups excluding carboxylic acids is 1. The zero-order valence-electron chi connectivity index (χ0n) is 11.3. The lowest BCUT2D eigenvalue weighted by molar-refractivity contribution is 0.0946. The highest BCUT2D eigenvalue weighted by Crippen LogP contribution is 2.04. The van der Waals surface area contributed by atoms with Gasteiger partial charge in [0.05, 0.1) is 0 Å². The molecule has 3 rings (SSSR count). The summed E-state index contributed by atoms with van der Waals surface area (Å²) in [6, 6.07) is 1.82. The summed E-state index contributed by atoms with van der Waals surface area (Å²) in [6.45, 7) is 4.26. The zero-order chi connectivity index (χ0) is 13.9. The number of nitrogens with one attached hydrogen (secondary N) is 2. The summed E-state index contributed by atoms with van der Waals surface area (Å²) < 4.78 is 1.57. The number of carbonyl (C=O) groups is 1. The maximum atomic E-state index is 12.0. The minimum Gasteiger partial charge on any atom is -0.346 e. The lowest BCUT2D eigenvalue weighted by atomic mass is 10.1. The number of hydrogen-bond acceptors (Lipinski definition) is 5. The fourth-order valence-corrected chi connectivity index (χ4v) is 2.11. The number of nitrogens with zero attached hydrogens (tertiary/aromatic N) is 4. The Kier molecular flexibility index (Phi) is 3.42. The van der Waals surface area contributed by atoms with E-state index in [1.807, 2.05) is 13.0 Å². The molecule has 0 aromatic carbocycles. The van der Waals surface area contributed by atoms with E-state index in [1.165, 1.54) is 5.57 Å². The van der Waals surface area contributed by atoms with Crippen molar-refractivity contribution in [3.63, 3.8) is 0 Å². The van der Waals surface area contributed by atoms with E-state index in [9.17, 15) is 4.79 Å². The summed E-state index contributed by atoms with van der Waals surface area (Å²) in [5.41, 5.74) is 2.12. The first-order valence-corrected chi connectivity index (χ1v) is 6.59. The predicted octanol–water partition coefficient (Wildman–Crippen LogP) is 0.0822. The molecular weight excluding hydrogens is 256 g/mol. The number of rotatable bonds is 3. The number of aryl methyl sites for hydroxylation is 1. The molecule has 1 aliphatic heterocycles. The molecule has 0 saturated carbocycles. The van der Waals surface area contributed by atoms with Crippen molar-refractivity contribution in [2.24, 2.45) is 0 Å². The molecule has 7 heteroatoms. The van der Waals surface area contributed by atoms with E-state index in [-0.39, 0.29) is 11.7 Å². The number of hydrogen-bond donors (Lipinski definition) is 2. The van der Waals surface area contributed by atoms with Crippen molar-refractivity contribution in [2.75, 3.05) is 19.6 Å². The quantitative estimate of drug-likeness (QED) is 0.773. The zero-order valence-corrected chi connectivity index (χ0v) is 11.3. The second-order valence-electron chi connectivity index (χ2n) is 4.73. The van der Waals surface area contributed by atoms with Gasteiger partial charge in [0, 0.05) is 25.0 Å². The van der Waals surface area contributed by atoms with Crippen molar-refractivity contribution < 1.29 is 4.79 Å². The first-order valence-electron chi connectivity index (χ1n) is 6.59. The molecule has 0 atom stereocenters. The molecule has 7 nitrogen and oxygen atoms in total. The van der Waals surface area contributed by atoms with Gasteiger partial charge in [-0.25, -0.2) is 9.50 Å². The van der Waals surface area contributed by atoms with Gasteiger partial charge in [-0.15, -0.1) is 5.10 Å². The highest BCUT2D eigenvalue weighted by atomic mass is 16.2. The van der Waals surface area contributed by atoms with Crippen molar-refractivity contribution in [2.45, 2.75) is 13.3 Å².